The van der Waals surface area contributed by atoms with Crippen LogP contribution in [0.5, 0.6) is 0 Å². The molecular formula is C14H27NO3. The highest BCUT2D eigenvalue weighted by molar-refractivity contribution is 5.69. The number of carbonyl (C=O) groups excluding carboxylic acids is 1. The van der Waals surface area contributed by atoms with E-state index in [4.69, 9.17) is 4.74 Å². The first-order chi connectivity index (χ1) is 8.54. The van der Waals surface area contributed by atoms with Crippen molar-refractivity contribution < 1.29 is 14.6 Å². The number of likely N-dealkylation sites (tertiary alicyclic amines) is 1. The predicted octanol–water partition coefficient (Wildman–Crippen LogP) is 1.96. The monoisotopic (exact) mass is 257 g/mol. The first-order valence-electron chi connectivity index (χ1n) is 7.08. The van der Waals surface area contributed by atoms with Gasteiger partial charge in [0.2, 0.25) is 0 Å². The van der Waals surface area contributed by atoms with E-state index in [0.717, 1.165) is 38.6 Å². The second-order valence-corrected chi connectivity index (χ2v) is 5.33. The van der Waals surface area contributed by atoms with Gasteiger partial charge in [0.05, 0.1) is 19.1 Å². The molecule has 1 atom stereocenters. The third-order valence-corrected chi connectivity index (χ3v) is 4.19. The lowest BCUT2D eigenvalue weighted by atomic mass is 9.92. The molecule has 0 amide bonds. The maximum Gasteiger partial charge on any atom is 0.307 e. The topological polar surface area (TPSA) is 49.8 Å². The molecule has 106 valence electrons. The van der Waals surface area contributed by atoms with Crippen molar-refractivity contribution in [3.8, 4) is 0 Å². The summed E-state index contributed by atoms with van der Waals surface area (Å²) in [5.74, 6) is -0.150. The van der Waals surface area contributed by atoms with Gasteiger partial charge in [-0.2, -0.15) is 0 Å². The summed E-state index contributed by atoms with van der Waals surface area (Å²) < 4.78 is 4.76. The molecule has 0 spiro atoms. The van der Waals surface area contributed by atoms with E-state index in [1.807, 2.05) is 13.8 Å². The fourth-order valence-corrected chi connectivity index (χ4v) is 2.63. The highest BCUT2D eigenvalue weighted by atomic mass is 16.5. The summed E-state index contributed by atoms with van der Waals surface area (Å²) in [4.78, 5) is 13.7. The van der Waals surface area contributed by atoms with Gasteiger partial charge in [-0.25, -0.2) is 0 Å². The Hall–Kier alpha value is -0.610. The molecule has 1 N–H and O–H groups in total. The van der Waals surface area contributed by atoms with Gasteiger partial charge in [-0.15, -0.1) is 0 Å². The van der Waals surface area contributed by atoms with Crippen LogP contribution in [-0.4, -0.2) is 47.8 Å². The van der Waals surface area contributed by atoms with Crippen LogP contribution in [0.4, 0.5) is 0 Å². The summed E-state index contributed by atoms with van der Waals surface area (Å²) in [6.45, 7) is 5.68. The van der Waals surface area contributed by atoms with Gasteiger partial charge >= 0.3 is 5.97 Å². The van der Waals surface area contributed by atoms with Crippen LogP contribution in [-0.2, 0) is 9.53 Å². The van der Waals surface area contributed by atoms with E-state index in [-0.39, 0.29) is 12.0 Å². The van der Waals surface area contributed by atoms with Gasteiger partial charge in [0.15, 0.2) is 0 Å². The number of ether oxygens (including phenoxy) is 1. The van der Waals surface area contributed by atoms with Crippen molar-refractivity contribution >= 4 is 5.97 Å². The maximum absolute atomic E-state index is 11.4. The van der Waals surface area contributed by atoms with Crippen molar-refractivity contribution in [2.45, 2.75) is 64.0 Å². The SMILES string of the molecule is CCC(O)(CC)CN1CCCCC1CC(=O)OC. The van der Waals surface area contributed by atoms with Crippen molar-refractivity contribution in [3.05, 3.63) is 0 Å². The van der Waals surface area contributed by atoms with Crippen molar-refractivity contribution in [1.82, 2.24) is 4.90 Å². The van der Waals surface area contributed by atoms with Gasteiger partial charge in [0.1, 0.15) is 0 Å². The van der Waals surface area contributed by atoms with Crippen molar-refractivity contribution in [3.63, 3.8) is 0 Å². The number of nitrogens with zero attached hydrogens (tertiary/aromatic N) is 1. The average Bonchev–Trinajstić information content (AvgIpc) is 2.40. The molecule has 0 radical (unpaired) electrons. The van der Waals surface area contributed by atoms with Crippen LogP contribution in [0.25, 0.3) is 0 Å². The molecule has 1 unspecified atom stereocenters. The average molecular weight is 257 g/mol. The van der Waals surface area contributed by atoms with Gasteiger partial charge in [-0.1, -0.05) is 20.3 Å². The van der Waals surface area contributed by atoms with E-state index < -0.39 is 5.60 Å². The van der Waals surface area contributed by atoms with Crippen LogP contribution in [0.3, 0.4) is 0 Å². The molecule has 0 bridgehead atoms. The lowest BCUT2D eigenvalue weighted by Gasteiger charge is -2.40. The Kier molecular flexibility index (Phi) is 6.09. The van der Waals surface area contributed by atoms with E-state index in [9.17, 15) is 9.90 Å². The molecule has 1 saturated heterocycles. The van der Waals surface area contributed by atoms with Gasteiger partial charge in [-0.3, -0.25) is 9.69 Å². The number of hydrogen-bond acceptors (Lipinski definition) is 4. The number of esters is 1. The Labute approximate surface area is 110 Å². The quantitative estimate of drug-likeness (QED) is 0.739. The second-order valence-electron chi connectivity index (χ2n) is 5.33. The van der Waals surface area contributed by atoms with Gasteiger partial charge < -0.3 is 9.84 Å². The zero-order valence-corrected chi connectivity index (χ0v) is 11.9. The number of piperidine rings is 1. The number of β-amino-alcohol motifs (C(OH)–C–C–N with tert-alkyl or cyclic N) is 1. The number of carbonyl (C=O) groups is 1. The molecule has 1 aliphatic heterocycles. The van der Waals surface area contributed by atoms with E-state index >= 15 is 0 Å². The lowest BCUT2D eigenvalue weighted by molar-refractivity contribution is -0.143. The van der Waals surface area contributed by atoms with Crippen molar-refractivity contribution in [2.24, 2.45) is 0 Å². The zero-order chi connectivity index (χ0) is 13.6. The first-order valence-corrected chi connectivity index (χ1v) is 7.08. The Morgan fingerprint density at radius 3 is 2.61 bits per heavy atom. The summed E-state index contributed by atoms with van der Waals surface area (Å²) in [7, 11) is 1.43. The minimum atomic E-state index is -0.619. The minimum Gasteiger partial charge on any atom is -0.469 e. The third kappa shape index (κ3) is 4.25. The molecule has 18 heavy (non-hydrogen) atoms. The van der Waals surface area contributed by atoms with Crippen molar-refractivity contribution in [2.75, 3.05) is 20.2 Å². The maximum atomic E-state index is 11.4. The molecule has 1 aliphatic rings. The molecular weight excluding hydrogens is 230 g/mol. The minimum absolute atomic E-state index is 0.150. The van der Waals surface area contributed by atoms with Gasteiger partial charge in [0, 0.05) is 12.6 Å². The second kappa shape index (κ2) is 7.10. The van der Waals surface area contributed by atoms with Gasteiger partial charge in [0.25, 0.3) is 0 Å². The Bertz CT molecular complexity index is 264. The summed E-state index contributed by atoms with van der Waals surface area (Å²) in [6.07, 6.45) is 5.30. The standard InChI is InChI=1S/C14H27NO3/c1-4-14(17,5-2)11-15-9-7-6-8-12(15)10-13(16)18-3/h12,17H,4-11H2,1-3H3. The van der Waals surface area contributed by atoms with E-state index in [1.165, 1.54) is 7.11 Å². The summed E-state index contributed by atoms with van der Waals surface area (Å²) in [5.41, 5.74) is -0.619. The van der Waals surface area contributed by atoms with Crippen LogP contribution in [0.1, 0.15) is 52.4 Å². The molecule has 0 saturated carbocycles. The van der Waals surface area contributed by atoms with E-state index in [0.29, 0.717) is 13.0 Å². The smallest absolute Gasteiger partial charge is 0.307 e. The molecule has 1 rings (SSSR count). The Morgan fingerprint density at radius 1 is 1.39 bits per heavy atom. The van der Waals surface area contributed by atoms with E-state index in [2.05, 4.69) is 4.90 Å². The van der Waals surface area contributed by atoms with Crippen molar-refractivity contribution in [1.29, 1.82) is 0 Å². The third-order valence-electron chi connectivity index (χ3n) is 4.19. The number of methoxy groups -OCH3 is 1. The fourth-order valence-electron chi connectivity index (χ4n) is 2.63. The molecule has 1 fully saturated rings. The van der Waals surface area contributed by atoms with Crippen LogP contribution < -0.4 is 0 Å². The van der Waals surface area contributed by atoms with Crippen LogP contribution in [0.15, 0.2) is 0 Å². The number of hydrogen-bond donors (Lipinski definition) is 1. The molecule has 0 aromatic carbocycles. The summed E-state index contributed by atoms with van der Waals surface area (Å²) in [5, 5.41) is 10.4. The molecule has 0 aromatic rings. The highest BCUT2D eigenvalue weighted by Gasteiger charge is 2.32. The Balaban J connectivity index is 2.61. The predicted molar refractivity (Wildman–Crippen MR) is 71.4 cm³/mol. The molecule has 1 heterocycles. The zero-order valence-electron chi connectivity index (χ0n) is 11.9. The largest absolute Gasteiger partial charge is 0.469 e. The molecule has 4 heteroatoms. The van der Waals surface area contributed by atoms with E-state index in [1.54, 1.807) is 0 Å². The summed E-state index contributed by atoms with van der Waals surface area (Å²) in [6, 6.07) is 0.232. The fraction of sp³-hybridized carbons (Fsp3) is 0.929. The first kappa shape index (κ1) is 15.4. The summed E-state index contributed by atoms with van der Waals surface area (Å²) >= 11 is 0. The van der Waals surface area contributed by atoms with Crippen LogP contribution in [0, 0.1) is 0 Å². The number of aliphatic hydroxyl groups is 1. The molecule has 0 aromatic heterocycles. The Morgan fingerprint density at radius 2 is 2.06 bits per heavy atom. The lowest BCUT2D eigenvalue weighted by Crippen LogP contribution is -2.49. The molecule has 4 nitrogen and oxygen atoms in total. The number of rotatable bonds is 6. The van der Waals surface area contributed by atoms with Gasteiger partial charge in [-0.05, 0) is 32.2 Å². The van der Waals surface area contributed by atoms with Crippen LogP contribution in [0.2, 0.25) is 0 Å². The molecule has 0 aliphatic carbocycles. The normalized spacial score (nSPS) is 21.9. The van der Waals surface area contributed by atoms with Crippen LogP contribution >= 0.6 is 0 Å². The highest BCUT2D eigenvalue weighted by Crippen LogP contribution is 2.25.